The van der Waals surface area contributed by atoms with Gasteiger partial charge in [0.05, 0.1) is 0 Å². The van der Waals surface area contributed by atoms with E-state index in [9.17, 15) is 9.59 Å². The number of hydrogen-bond donors (Lipinski definition) is 1. The van der Waals surface area contributed by atoms with Crippen molar-refractivity contribution in [1.29, 1.82) is 0 Å². The van der Waals surface area contributed by atoms with Crippen LogP contribution in [0.15, 0.2) is 72.8 Å². The van der Waals surface area contributed by atoms with Gasteiger partial charge in [-0.2, -0.15) is 0 Å². The van der Waals surface area contributed by atoms with Crippen molar-refractivity contribution < 1.29 is 9.59 Å². The van der Waals surface area contributed by atoms with Gasteiger partial charge in [-0.15, -0.1) is 0 Å². The predicted octanol–water partition coefficient (Wildman–Crippen LogP) is 4.83. The van der Waals surface area contributed by atoms with Gasteiger partial charge in [-0.05, 0) is 59.9 Å². The Bertz CT molecular complexity index is 1110. The molecule has 2 amide bonds. The smallest absolute Gasteiger partial charge is 0.254 e. The molecule has 0 unspecified atom stereocenters. The predicted molar refractivity (Wildman–Crippen MR) is 127 cm³/mol. The van der Waals surface area contributed by atoms with Crippen molar-refractivity contribution in [1.82, 2.24) is 10.2 Å². The SMILES string of the molecule is O=C(NCCCc1ccccc1)[C@@H]1CC12CCN(C(=O)c1cccc3ccccc13)CC2. The van der Waals surface area contributed by atoms with Crippen LogP contribution in [0.25, 0.3) is 10.8 Å². The second-order valence-electron chi connectivity index (χ2n) is 9.32. The zero-order valence-electron chi connectivity index (χ0n) is 18.4. The number of rotatable bonds is 6. The zero-order valence-corrected chi connectivity index (χ0v) is 18.4. The lowest BCUT2D eigenvalue weighted by Crippen LogP contribution is -2.40. The van der Waals surface area contributed by atoms with Crippen LogP contribution < -0.4 is 5.32 Å². The average molecular weight is 427 g/mol. The summed E-state index contributed by atoms with van der Waals surface area (Å²) in [7, 11) is 0. The van der Waals surface area contributed by atoms with E-state index in [1.807, 2.05) is 53.4 Å². The molecule has 1 spiro atoms. The van der Waals surface area contributed by atoms with Crippen LogP contribution >= 0.6 is 0 Å². The van der Waals surface area contributed by atoms with Crippen LogP contribution in [0.2, 0.25) is 0 Å². The standard InChI is InChI=1S/C28H30N2O2/c31-26(29-17-7-10-21-8-2-1-3-9-21)25-20-28(25)15-18-30(19-16-28)27(32)24-14-6-12-22-11-4-5-13-23(22)24/h1-6,8-9,11-14,25H,7,10,15-20H2,(H,29,31)/t25-/m0/s1. The van der Waals surface area contributed by atoms with Gasteiger partial charge in [0.1, 0.15) is 0 Å². The minimum absolute atomic E-state index is 0.110. The molecule has 0 radical (unpaired) electrons. The number of aryl methyl sites for hydroxylation is 1. The van der Waals surface area contributed by atoms with E-state index in [1.54, 1.807) is 0 Å². The maximum Gasteiger partial charge on any atom is 0.254 e. The second-order valence-corrected chi connectivity index (χ2v) is 9.32. The first kappa shape index (κ1) is 20.7. The van der Waals surface area contributed by atoms with Gasteiger partial charge in [0.2, 0.25) is 5.91 Å². The summed E-state index contributed by atoms with van der Waals surface area (Å²) in [5.41, 5.74) is 2.20. The summed E-state index contributed by atoms with van der Waals surface area (Å²) < 4.78 is 0. The molecule has 164 valence electrons. The number of benzene rings is 3. The van der Waals surface area contributed by atoms with Gasteiger partial charge in [0.15, 0.2) is 0 Å². The summed E-state index contributed by atoms with van der Waals surface area (Å²) in [5, 5.41) is 5.26. The third-order valence-corrected chi connectivity index (χ3v) is 7.36. The molecule has 1 N–H and O–H groups in total. The Labute approximate surface area is 189 Å². The third-order valence-electron chi connectivity index (χ3n) is 7.36. The molecule has 4 nitrogen and oxygen atoms in total. The van der Waals surface area contributed by atoms with Crippen molar-refractivity contribution in [2.24, 2.45) is 11.3 Å². The Morgan fingerprint density at radius 1 is 0.906 bits per heavy atom. The van der Waals surface area contributed by atoms with Crippen LogP contribution in [0.5, 0.6) is 0 Å². The van der Waals surface area contributed by atoms with Gasteiger partial charge in [0.25, 0.3) is 5.91 Å². The molecule has 2 aliphatic rings. The van der Waals surface area contributed by atoms with Crippen LogP contribution in [0.3, 0.4) is 0 Å². The minimum Gasteiger partial charge on any atom is -0.356 e. The Kier molecular flexibility index (Phi) is 5.69. The minimum atomic E-state index is 0.110. The lowest BCUT2D eigenvalue weighted by molar-refractivity contribution is -0.123. The van der Waals surface area contributed by atoms with Crippen LogP contribution in [-0.2, 0) is 11.2 Å². The van der Waals surface area contributed by atoms with E-state index in [1.165, 1.54) is 5.56 Å². The van der Waals surface area contributed by atoms with Crippen LogP contribution in [-0.4, -0.2) is 36.3 Å². The third kappa shape index (κ3) is 4.14. The van der Waals surface area contributed by atoms with E-state index >= 15 is 0 Å². The van der Waals surface area contributed by atoms with Crippen molar-refractivity contribution in [3.63, 3.8) is 0 Å². The van der Waals surface area contributed by atoms with Crippen LogP contribution in [0.1, 0.15) is 41.6 Å². The van der Waals surface area contributed by atoms with Crippen molar-refractivity contribution in [3.05, 3.63) is 83.9 Å². The number of fused-ring (bicyclic) bond motifs is 1. The van der Waals surface area contributed by atoms with Crippen molar-refractivity contribution in [3.8, 4) is 0 Å². The van der Waals surface area contributed by atoms with E-state index in [4.69, 9.17) is 0 Å². The topological polar surface area (TPSA) is 49.4 Å². The zero-order chi connectivity index (χ0) is 22.0. The lowest BCUT2D eigenvalue weighted by atomic mass is 9.90. The van der Waals surface area contributed by atoms with Gasteiger partial charge in [-0.1, -0.05) is 66.7 Å². The molecular weight excluding hydrogens is 396 g/mol. The highest BCUT2D eigenvalue weighted by molar-refractivity contribution is 6.07. The second kappa shape index (κ2) is 8.78. The number of likely N-dealkylation sites (tertiary alicyclic amines) is 1. The Morgan fingerprint density at radius 3 is 2.44 bits per heavy atom. The summed E-state index contributed by atoms with van der Waals surface area (Å²) >= 11 is 0. The van der Waals surface area contributed by atoms with Crippen LogP contribution in [0, 0.1) is 11.3 Å². The number of amides is 2. The Balaban J connectivity index is 1.12. The molecule has 0 bridgehead atoms. The quantitative estimate of drug-likeness (QED) is 0.574. The number of nitrogens with one attached hydrogen (secondary N) is 1. The Morgan fingerprint density at radius 2 is 1.62 bits per heavy atom. The van der Waals surface area contributed by atoms with Gasteiger partial charge in [-0.25, -0.2) is 0 Å². The molecule has 1 atom stereocenters. The fourth-order valence-electron chi connectivity index (χ4n) is 5.28. The lowest BCUT2D eigenvalue weighted by Gasteiger charge is -2.33. The fraction of sp³-hybridized carbons (Fsp3) is 0.357. The molecule has 1 aliphatic carbocycles. The molecule has 0 aromatic heterocycles. The molecular formula is C28H30N2O2. The van der Waals surface area contributed by atoms with Crippen molar-refractivity contribution in [2.75, 3.05) is 19.6 Å². The molecule has 1 aliphatic heterocycles. The molecule has 3 aromatic rings. The maximum atomic E-state index is 13.2. The summed E-state index contributed by atoms with van der Waals surface area (Å²) in [4.78, 5) is 27.9. The van der Waals surface area contributed by atoms with E-state index in [-0.39, 0.29) is 23.1 Å². The van der Waals surface area contributed by atoms with Gasteiger partial charge >= 0.3 is 0 Å². The molecule has 4 heteroatoms. The average Bonchev–Trinajstić information content (AvgIpc) is 3.55. The first-order valence-corrected chi connectivity index (χ1v) is 11.7. The highest BCUT2D eigenvalue weighted by Crippen LogP contribution is 2.59. The monoisotopic (exact) mass is 426 g/mol. The summed E-state index contributed by atoms with van der Waals surface area (Å²) in [6.45, 7) is 2.20. The largest absolute Gasteiger partial charge is 0.356 e. The highest BCUT2D eigenvalue weighted by atomic mass is 16.2. The van der Waals surface area contributed by atoms with Crippen LogP contribution in [0.4, 0.5) is 0 Å². The highest BCUT2D eigenvalue weighted by Gasteiger charge is 2.58. The van der Waals surface area contributed by atoms with Gasteiger partial charge < -0.3 is 10.2 Å². The van der Waals surface area contributed by atoms with E-state index < -0.39 is 0 Å². The van der Waals surface area contributed by atoms with Crippen molar-refractivity contribution in [2.45, 2.75) is 32.1 Å². The van der Waals surface area contributed by atoms with Gasteiger partial charge in [0, 0.05) is 31.1 Å². The molecule has 1 heterocycles. The number of piperidine rings is 1. The first-order chi connectivity index (χ1) is 15.7. The van der Waals surface area contributed by atoms with E-state index in [2.05, 4.69) is 29.6 Å². The first-order valence-electron chi connectivity index (χ1n) is 11.7. The molecule has 1 saturated carbocycles. The summed E-state index contributed by atoms with van der Waals surface area (Å²) in [5.74, 6) is 0.431. The maximum absolute atomic E-state index is 13.2. The Hall–Kier alpha value is -3.14. The van der Waals surface area contributed by atoms with Gasteiger partial charge in [-0.3, -0.25) is 9.59 Å². The normalized spacial score (nSPS) is 19.1. The summed E-state index contributed by atoms with van der Waals surface area (Å²) in [6, 6.07) is 24.4. The number of carbonyl (C=O) groups is 2. The molecule has 1 saturated heterocycles. The molecule has 3 aromatic carbocycles. The summed E-state index contributed by atoms with van der Waals surface area (Å²) in [6.07, 6.45) is 4.76. The van der Waals surface area contributed by atoms with E-state index in [0.717, 1.165) is 68.1 Å². The number of carbonyl (C=O) groups excluding carboxylic acids is 2. The number of nitrogens with zero attached hydrogens (tertiary/aromatic N) is 1. The number of hydrogen-bond acceptors (Lipinski definition) is 2. The van der Waals surface area contributed by atoms with E-state index in [0.29, 0.717) is 0 Å². The molecule has 2 fully saturated rings. The molecule has 32 heavy (non-hydrogen) atoms. The van der Waals surface area contributed by atoms with Crippen molar-refractivity contribution >= 4 is 22.6 Å². The molecule has 5 rings (SSSR count). The fourth-order valence-corrected chi connectivity index (χ4v) is 5.28.